The van der Waals surface area contributed by atoms with E-state index in [0.717, 1.165) is 111 Å². The first-order valence-electron chi connectivity index (χ1n) is 23.3. The van der Waals surface area contributed by atoms with Crippen LogP contribution in [0.25, 0.3) is 22.1 Å². The van der Waals surface area contributed by atoms with Crippen LogP contribution < -0.4 is 40.3 Å². The third-order valence-corrected chi connectivity index (χ3v) is 13.7. The van der Waals surface area contributed by atoms with Gasteiger partial charge in [-0.15, -0.1) is 0 Å². The van der Waals surface area contributed by atoms with Crippen molar-refractivity contribution in [2.75, 3.05) is 31.1 Å². The van der Waals surface area contributed by atoms with Crippen LogP contribution in [0.2, 0.25) is 0 Å². The van der Waals surface area contributed by atoms with Crippen molar-refractivity contribution < 1.29 is 28.4 Å². The van der Waals surface area contributed by atoms with Crippen LogP contribution in [0.4, 0.5) is 5.69 Å². The van der Waals surface area contributed by atoms with E-state index in [9.17, 15) is 9.59 Å². The van der Waals surface area contributed by atoms with Gasteiger partial charge < -0.3 is 47.8 Å². The molecule has 18 nitrogen and oxygen atoms in total. The van der Waals surface area contributed by atoms with Gasteiger partial charge in [-0.2, -0.15) is 0 Å². The van der Waals surface area contributed by atoms with Crippen LogP contribution in [0.15, 0.2) is 87.6 Å². The highest BCUT2D eigenvalue weighted by Crippen LogP contribution is 2.38. The van der Waals surface area contributed by atoms with Crippen LogP contribution in [-0.4, -0.2) is 114 Å². The molecule has 8 fully saturated rings. The molecular formula is C48H55BrN10O8. The average Bonchev–Trinajstić information content (AvgIpc) is 3.33. The van der Waals surface area contributed by atoms with Crippen LogP contribution in [0.3, 0.4) is 0 Å². The van der Waals surface area contributed by atoms with Gasteiger partial charge in [0, 0.05) is 94.1 Å². The molecule has 10 heterocycles. The van der Waals surface area contributed by atoms with Crippen LogP contribution >= 0.6 is 15.9 Å². The summed E-state index contributed by atoms with van der Waals surface area (Å²) in [4.78, 5) is 51.9. The van der Waals surface area contributed by atoms with E-state index in [4.69, 9.17) is 28.4 Å². The third kappa shape index (κ3) is 10.7. The van der Waals surface area contributed by atoms with E-state index in [-0.39, 0.29) is 35.5 Å². The summed E-state index contributed by atoms with van der Waals surface area (Å²) in [6.07, 6.45) is 20.8. The molecule has 4 unspecified atom stereocenters. The maximum absolute atomic E-state index is 12.3. The van der Waals surface area contributed by atoms with E-state index in [0.29, 0.717) is 53.5 Å². The number of aromatic nitrogens is 8. The molecule has 19 heteroatoms. The summed E-state index contributed by atoms with van der Waals surface area (Å²) in [6, 6.07) is 12.3. The number of benzene rings is 2. The Morgan fingerprint density at radius 2 is 0.985 bits per heavy atom. The van der Waals surface area contributed by atoms with Crippen molar-refractivity contribution in [2.24, 2.45) is 14.1 Å². The Labute approximate surface area is 395 Å². The van der Waals surface area contributed by atoms with E-state index in [1.54, 1.807) is 60.1 Å². The van der Waals surface area contributed by atoms with Gasteiger partial charge in [0.15, 0.2) is 0 Å². The fourth-order valence-corrected chi connectivity index (χ4v) is 10.1. The lowest BCUT2D eigenvalue weighted by molar-refractivity contribution is -0.143. The number of halogens is 1. The first kappa shape index (κ1) is 45.0. The van der Waals surface area contributed by atoms with Gasteiger partial charge in [-0.3, -0.25) is 9.59 Å². The molecule has 0 radical (unpaired) electrons. The normalized spacial score (nSPS) is 26.1. The van der Waals surface area contributed by atoms with Crippen molar-refractivity contribution in [1.29, 1.82) is 0 Å². The van der Waals surface area contributed by atoms with Crippen LogP contribution in [0, 0.1) is 0 Å². The summed E-state index contributed by atoms with van der Waals surface area (Å²) in [5.74, 6) is 1.38. The lowest BCUT2D eigenvalue weighted by Gasteiger charge is -2.48. The number of fused-ring (bicyclic) bond motifs is 6. The predicted octanol–water partition coefficient (Wildman–Crippen LogP) is 5.47. The zero-order valence-electron chi connectivity index (χ0n) is 37.6. The molecule has 8 aliphatic rings. The number of anilines is 1. The van der Waals surface area contributed by atoms with Crippen molar-refractivity contribution in [2.45, 2.75) is 113 Å². The first-order valence-corrected chi connectivity index (χ1v) is 24.1. The molecule has 4 aromatic heterocycles. The summed E-state index contributed by atoms with van der Waals surface area (Å²) in [5, 5.41) is 3.26. The quantitative estimate of drug-likeness (QED) is 0.192. The SMILES string of the molecule is C1NCC2CC1O2.Cn1c(=O)cnc2cc(Br)cc(OC3CCC(Oc4ncccn4)CC3)c21.Cn1c(=O)cnc2cc(N3CC4CC(C3)O4)cc(OC3CCC(Oc4ncccn4)CC3)c21. The molecule has 0 amide bonds. The van der Waals surface area contributed by atoms with Crippen LogP contribution in [-0.2, 0) is 23.6 Å². The predicted molar refractivity (Wildman–Crippen MR) is 252 cm³/mol. The Morgan fingerprint density at radius 3 is 1.42 bits per heavy atom. The number of hydrogen-bond acceptors (Lipinski definition) is 16. The highest BCUT2D eigenvalue weighted by molar-refractivity contribution is 9.10. The van der Waals surface area contributed by atoms with Gasteiger partial charge in [-0.25, -0.2) is 29.9 Å². The number of nitrogens with zero attached hydrogens (tertiary/aromatic N) is 9. The van der Waals surface area contributed by atoms with Crippen molar-refractivity contribution in [3.63, 3.8) is 0 Å². The number of aryl methyl sites for hydroxylation is 2. The largest absolute Gasteiger partial charge is 0.488 e. The second-order valence-corrected chi connectivity index (χ2v) is 18.9. The molecule has 2 aliphatic carbocycles. The molecule has 6 aliphatic heterocycles. The Morgan fingerprint density at radius 1 is 0.567 bits per heavy atom. The summed E-state index contributed by atoms with van der Waals surface area (Å²) in [7, 11) is 3.51. The number of hydrogen-bond donors (Lipinski definition) is 1. The minimum atomic E-state index is -0.158. The lowest BCUT2D eigenvalue weighted by Crippen LogP contribution is -2.57. The van der Waals surface area contributed by atoms with E-state index >= 15 is 0 Å². The minimum absolute atomic E-state index is 0.0494. The monoisotopic (exact) mass is 978 g/mol. The molecule has 0 spiro atoms. The Balaban J connectivity index is 0.000000138. The zero-order chi connectivity index (χ0) is 45.9. The van der Waals surface area contributed by atoms with E-state index in [1.807, 2.05) is 12.1 Å². The highest BCUT2D eigenvalue weighted by Gasteiger charge is 2.39. The van der Waals surface area contributed by atoms with Gasteiger partial charge in [0.1, 0.15) is 34.7 Å². The number of morpholine rings is 2. The smallest absolute Gasteiger partial charge is 0.316 e. The first-order chi connectivity index (χ1) is 32.7. The molecule has 4 atom stereocenters. The van der Waals surface area contributed by atoms with Crippen LogP contribution in [0.1, 0.15) is 64.2 Å². The summed E-state index contributed by atoms with van der Waals surface area (Å²) in [5.41, 5.74) is 3.70. The number of rotatable bonds is 9. The van der Waals surface area contributed by atoms with Crippen molar-refractivity contribution in [3.05, 3.63) is 98.8 Å². The molecule has 2 saturated carbocycles. The van der Waals surface area contributed by atoms with Gasteiger partial charge in [0.05, 0.1) is 60.1 Å². The molecule has 4 bridgehead atoms. The maximum Gasteiger partial charge on any atom is 0.316 e. The number of ether oxygens (including phenoxy) is 6. The third-order valence-electron chi connectivity index (χ3n) is 13.3. The fourth-order valence-electron chi connectivity index (χ4n) is 9.69. The molecular weight excluding hydrogens is 924 g/mol. The van der Waals surface area contributed by atoms with Gasteiger partial charge >= 0.3 is 12.0 Å². The standard InChI is InChI=1S/C24H27N5O4.C19H19BrN4O3.C5H9NO/c1-28-22(30)12-27-20-9-15(29-13-18-11-19(14-29)31-18)10-21(23(20)28)32-16-3-5-17(6-4-16)33-24-25-7-2-8-26-24;1-24-17(25)11-23-15-9-12(20)10-16(18(15)24)26-13-3-5-14(6-4-13)27-19-21-7-2-8-22-19;1-4-2-6-3-5(1)7-4/h2,7-10,12,16-19H,3-6,11,13-14H2,1H3;2,7-11,13-14H,3-6H2,1H3;4-6H,1-3H2. The average molecular weight is 980 g/mol. The molecule has 67 heavy (non-hydrogen) atoms. The number of piperidine rings is 2. The van der Waals surface area contributed by atoms with E-state index in [2.05, 4.69) is 68.2 Å². The zero-order valence-corrected chi connectivity index (χ0v) is 39.2. The number of nitrogens with one attached hydrogen (secondary N) is 1. The Hall–Kier alpha value is -5.76. The molecule has 6 saturated heterocycles. The Kier molecular flexibility index (Phi) is 13.6. The van der Waals surface area contributed by atoms with Crippen molar-refractivity contribution in [3.8, 4) is 23.5 Å². The Bertz CT molecular complexity index is 2730. The highest BCUT2D eigenvalue weighted by atomic mass is 79.9. The lowest BCUT2D eigenvalue weighted by atomic mass is 9.95. The molecule has 1 N–H and O–H groups in total. The van der Waals surface area contributed by atoms with Gasteiger partial charge in [-0.05, 0) is 81.7 Å². The molecule has 352 valence electrons. The molecule has 6 aromatic rings. The summed E-state index contributed by atoms with van der Waals surface area (Å²) in [6.45, 7) is 3.90. The summed E-state index contributed by atoms with van der Waals surface area (Å²) < 4.78 is 39.7. The van der Waals surface area contributed by atoms with Gasteiger partial charge in [0.25, 0.3) is 11.1 Å². The van der Waals surface area contributed by atoms with Crippen molar-refractivity contribution >= 4 is 43.7 Å². The fraction of sp³-hybridized carbons (Fsp3) is 0.500. The topological polar surface area (TPSA) is 192 Å². The summed E-state index contributed by atoms with van der Waals surface area (Å²) >= 11 is 3.50. The van der Waals surface area contributed by atoms with E-state index in [1.165, 1.54) is 18.8 Å². The van der Waals surface area contributed by atoms with E-state index < -0.39 is 0 Å². The second-order valence-electron chi connectivity index (χ2n) is 18.0. The van der Waals surface area contributed by atoms with Crippen LogP contribution in [0.5, 0.6) is 23.5 Å². The second kappa shape index (κ2) is 20.2. The maximum atomic E-state index is 12.3. The van der Waals surface area contributed by atoms with Gasteiger partial charge in [0.2, 0.25) is 0 Å². The molecule has 2 aromatic carbocycles. The van der Waals surface area contributed by atoms with Gasteiger partial charge in [-0.1, -0.05) is 15.9 Å². The van der Waals surface area contributed by atoms with Crippen molar-refractivity contribution in [1.82, 2.24) is 44.4 Å². The minimum Gasteiger partial charge on any atom is -0.488 e. The molecule has 14 rings (SSSR count).